The Hall–Kier alpha value is -2.99. The molecular formula is C23H33N5O10S2. The molecule has 3 unspecified atom stereocenters. The van der Waals surface area contributed by atoms with Gasteiger partial charge in [0, 0.05) is 45.2 Å². The molecule has 0 spiro atoms. The second kappa shape index (κ2) is 14.1. The van der Waals surface area contributed by atoms with E-state index in [2.05, 4.69) is 5.32 Å². The maximum atomic E-state index is 13.9. The first kappa shape index (κ1) is 31.5. The van der Waals surface area contributed by atoms with E-state index in [1.165, 1.54) is 47.9 Å². The summed E-state index contributed by atoms with van der Waals surface area (Å²) in [5, 5.41) is 15.6. The number of hydroxylamine groups is 1. The summed E-state index contributed by atoms with van der Waals surface area (Å²) < 4.78 is 34.4. The van der Waals surface area contributed by atoms with Crippen molar-refractivity contribution < 1.29 is 41.5 Å². The van der Waals surface area contributed by atoms with Crippen molar-refractivity contribution in [3.8, 4) is 0 Å². The molecule has 3 rings (SSSR count). The molecule has 17 heteroatoms. The number of nitro benzene ring substituents is 1. The number of piperazine rings is 1. The van der Waals surface area contributed by atoms with Crippen LogP contribution in [0.3, 0.4) is 0 Å². The molecule has 0 aromatic heterocycles. The van der Waals surface area contributed by atoms with E-state index in [4.69, 9.17) is 13.8 Å². The molecule has 40 heavy (non-hydrogen) atoms. The smallest absolute Gasteiger partial charge is 0.410 e. The average molecular weight is 604 g/mol. The van der Waals surface area contributed by atoms with Gasteiger partial charge in [-0.2, -0.15) is 13.4 Å². The number of nitrogens with one attached hydrogen (secondary N) is 1. The summed E-state index contributed by atoms with van der Waals surface area (Å²) in [5.41, 5.74) is 0.379. The van der Waals surface area contributed by atoms with Gasteiger partial charge < -0.3 is 19.8 Å². The van der Waals surface area contributed by atoms with Gasteiger partial charge in [-0.15, -0.1) is 11.8 Å². The van der Waals surface area contributed by atoms with Crippen LogP contribution in [0.1, 0.15) is 25.8 Å². The number of hydrazine groups is 1. The summed E-state index contributed by atoms with van der Waals surface area (Å²) in [6.07, 6.45) is -0.841. The summed E-state index contributed by atoms with van der Waals surface area (Å²) in [7, 11) is -3.87. The SMILES string of the molecule is CCSC(C(=O)N(OC(C)=O)N1CCNCC1)C1CC(OS(C)(=O)=O)CN1C(=O)OCc1ccc([N+](=O)[O-])cc1. The largest absolute Gasteiger partial charge is 0.445 e. The van der Waals surface area contributed by atoms with Gasteiger partial charge >= 0.3 is 12.1 Å². The standard InChI is InChI=1S/C23H33N5O10S2/c1-4-39-21(22(30)27(37-16(2)29)25-11-9-24-10-12-25)20-13-19(38-40(3,34)35)14-26(20)23(31)36-15-17-5-7-18(8-6-17)28(32)33/h5-8,19-21,24H,4,9-15H2,1-3H3. The summed E-state index contributed by atoms with van der Waals surface area (Å²) in [6, 6.07) is 4.61. The molecule has 0 bridgehead atoms. The van der Waals surface area contributed by atoms with Crippen molar-refractivity contribution in [1.29, 1.82) is 0 Å². The Morgan fingerprint density at radius 2 is 1.88 bits per heavy atom. The number of nitro groups is 1. The molecule has 15 nitrogen and oxygen atoms in total. The number of hydrogen-bond acceptors (Lipinski definition) is 13. The second-order valence-corrected chi connectivity index (χ2v) is 12.1. The Labute approximate surface area is 236 Å². The fourth-order valence-electron chi connectivity index (χ4n) is 4.42. The highest BCUT2D eigenvalue weighted by molar-refractivity contribution is 8.00. The minimum atomic E-state index is -3.87. The normalized spacial score (nSPS) is 20.5. The number of likely N-dealkylation sites (tertiary alicyclic amines) is 1. The van der Waals surface area contributed by atoms with E-state index in [0.717, 1.165) is 11.4 Å². The molecule has 1 aromatic rings. The third kappa shape index (κ3) is 8.76. The molecule has 2 aliphatic heterocycles. The van der Waals surface area contributed by atoms with Crippen molar-refractivity contribution in [2.45, 2.75) is 44.3 Å². The van der Waals surface area contributed by atoms with Gasteiger partial charge in [0.2, 0.25) is 0 Å². The lowest BCUT2D eigenvalue weighted by Gasteiger charge is -2.38. The summed E-state index contributed by atoms with van der Waals surface area (Å²) in [6.45, 7) is 4.54. The minimum Gasteiger partial charge on any atom is -0.445 e. The first-order valence-corrected chi connectivity index (χ1v) is 15.4. The maximum absolute atomic E-state index is 13.9. The van der Waals surface area contributed by atoms with Crippen LogP contribution < -0.4 is 5.32 Å². The van der Waals surface area contributed by atoms with Crippen molar-refractivity contribution in [2.24, 2.45) is 0 Å². The number of nitrogens with zero attached hydrogens (tertiary/aromatic N) is 4. The van der Waals surface area contributed by atoms with Gasteiger partial charge in [0.05, 0.1) is 29.9 Å². The summed E-state index contributed by atoms with van der Waals surface area (Å²) in [5.74, 6) is -0.815. The molecule has 0 radical (unpaired) electrons. The fourth-order valence-corrected chi connectivity index (χ4v) is 6.12. The van der Waals surface area contributed by atoms with Gasteiger partial charge in [-0.3, -0.25) is 19.1 Å². The van der Waals surface area contributed by atoms with Gasteiger partial charge in [0.1, 0.15) is 11.9 Å². The Morgan fingerprint density at radius 3 is 2.42 bits per heavy atom. The number of amides is 2. The van der Waals surface area contributed by atoms with Crippen molar-refractivity contribution in [1.82, 2.24) is 20.4 Å². The lowest BCUT2D eigenvalue weighted by molar-refractivity contribution is -0.384. The van der Waals surface area contributed by atoms with Crippen molar-refractivity contribution in [3.63, 3.8) is 0 Å². The Morgan fingerprint density at radius 1 is 1.23 bits per heavy atom. The highest BCUT2D eigenvalue weighted by atomic mass is 32.2. The van der Waals surface area contributed by atoms with Crippen LogP contribution in [0.15, 0.2) is 24.3 Å². The van der Waals surface area contributed by atoms with Crippen LogP contribution >= 0.6 is 11.8 Å². The number of rotatable bonds is 10. The summed E-state index contributed by atoms with van der Waals surface area (Å²) in [4.78, 5) is 55.9. The van der Waals surface area contributed by atoms with Gasteiger partial charge in [-0.1, -0.05) is 12.1 Å². The molecule has 222 valence electrons. The van der Waals surface area contributed by atoms with Crippen LogP contribution in [0.4, 0.5) is 10.5 Å². The topological polar surface area (TPSA) is 178 Å². The highest BCUT2D eigenvalue weighted by Crippen LogP contribution is 2.32. The number of ether oxygens (including phenoxy) is 1. The van der Waals surface area contributed by atoms with E-state index in [9.17, 15) is 32.9 Å². The van der Waals surface area contributed by atoms with Crippen molar-refractivity contribution in [3.05, 3.63) is 39.9 Å². The first-order valence-electron chi connectivity index (χ1n) is 12.5. The van der Waals surface area contributed by atoms with Crippen LogP contribution in [-0.2, 0) is 40.1 Å². The molecule has 0 aliphatic carbocycles. The molecule has 2 amide bonds. The van der Waals surface area contributed by atoms with Crippen molar-refractivity contribution in [2.75, 3.05) is 44.7 Å². The number of benzene rings is 1. The van der Waals surface area contributed by atoms with Crippen LogP contribution in [-0.4, -0.2) is 109 Å². The van der Waals surface area contributed by atoms with Crippen LogP contribution in [0.25, 0.3) is 0 Å². The van der Waals surface area contributed by atoms with Crippen LogP contribution in [0, 0.1) is 10.1 Å². The molecule has 0 saturated carbocycles. The quantitative estimate of drug-likeness (QED) is 0.227. The second-order valence-electron chi connectivity index (χ2n) is 9.13. The third-order valence-corrected chi connectivity index (χ3v) is 7.88. The van der Waals surface area contributed by atoms with E-state index in [1.54, 1.807) is 5.01 Å². The molecule has 2 saturated heterocycles. The van der Waals surface area contributed by atoms with Crippen LogP contribution in [0.5, 0.6) is 0 Å². The lowest BCUT2D eigenvalue weighted by atomic mass is 10.1. The highest BCUT2D eigenvalue weighted by Gasteiger charge is 2.47. The number of carbonyl (C=O) groups excluding carboxylic acids is 3. The van der Waals surface area contributed by atoms with Gasteiger partial charge in [-0.25, -0.2) is 9.59 Å². The zero-order chi connectivity index (χ0) is 29.4. The zero-order valence-corrected chi connectivity index (χ0v) is 24.0. The Bertz CT molecular complexity index is 1180. The number of thioether (sulfide) groups is 1. The molecule has 2 fully saturated rings. The van der Waals surface area contributed by atoms with E-state index in [-0.39, 0.29) is 25.3 Å². The Kier molecular flexibility index (Phi) is 11.1. The van der Waals surface area contributed by atoms with E-state index < -0.39 is 50.4 Å². The van der Waals surface area contributed by atoms with E-state index >= 15 is 0 Å². The third-order valence-electron chi connectivity index (χ3n) is 6.05. The number of hydrogen-bond donors (Lipinski definition) is 1. The predicted molar refractivity (Wildman–Crippen MR) is 143 cm³/mol. The molecule has 1 N–H and O–H groups in total. The van der Waals surface area contributed by atoms with Crippen molar-refractivity contribution >= 4 is 45.5 Å². The molecule has 1 aromatic carbocycles. The number of carbonyl (C=O) groups is 3. The van der Waals surface area contributed by atoms with Gasteiger partial charge in [0.15, 0.2) is 0 Å². The van der Waals surface area contributed by atoms with Gasteiger partial charge in [0.25, 0.3) is 21.7 Å². The molecule has 2 heterocycles. The minimum absolute atomic E-state index is 0.0125. The monoisotopic (exact) mass is 603 g/mol. The van der Waals surface area contributed by atoms with Crippen LogP contribution in [0.2, 0.25) is 0 Å². The van der Waals surface area contributed by atoms with Gasteiger partial charge in [-0.05, 0) is 29.9 Å². The predicted octanol–water partition coefficient (Wildman–Crippen LogP) is 0.899. The first-order chi connectivity index (χ1) is 18.9. The Balaban J connectivity index is 1.85. The zero-order valence-electron chi connectivity index (χ0n) is 22.4. The average Bonchev–Trinajstić information content (AvgIpc) is 3.31. The maximum Gasteiger partial charge on any atom is 0.410 e. The van der Waals surface area contributed by atoms with E-state index in [1.807, 2.05) is 6.92 Å². The molecular weight excluding hydrogens is 570 g/mol. The summed E-state index contributed by atoms with van der Waals surface area (Å²) >= 11 is 1.22. The van der Waals surface area contributed by atoms with E-state index in [0.29, 0.717) is 37.5 Å². The molecule has 2 aliphatic rings. The fraction of sp³-hybridized carbons (Fsp3) is 0.609. The molecule has 3 atom stereocenters. The lowest BCUT2D eigenvalue weighted by Crippen LogP contribution is -2.59. The number of non-ortho nitro benzene ring substituents is 1.